The lowest BCUT2D eigenvalue weighted by Gasteiger charge is -1.89. The highest BCUT2D eigenvalue weighted by Gasteiger charge is 2.46. The molecular formula is C12H9N3O2. The maximum absolute atomic E-state index is 10.8. The van der Waals surface area contributed by atoms with Gasteiger partial charge in [0, 0.05) is 5.92 Å². The van der Waals surface area contributed by atoms with Crippen molar-refractivity contribution in [3.05, 3.63) is 29.6 Å². The second-order valence-corrected chi connectivity index (χ2v) is 4.25. The smallest absolute Gasteiger partial charge is 0.307 e. The number of nitriles is 1. The number of aliphatic carboxylic acids is 1. The number of aromatic amines is 1. The van der Waals surface area contributed by atoms with Gasteiger partial charge in [-0.3, -0.25) is 4.79 Å². The average molecular weight is 227 g/mol. The number of carbonyl (C=O) groups is 1. The molecule has 1 aliphatic rings. The van der Waals surface area contributed by atoms with E-state index in [0.717, 1.165) is 11.0 Å². The first-order chi connectivity index (χ1) is 8.19. The van der Waals surface area contributed by atoms with E-state index in [-0.39, 0.29) is 11.8 Å². The van der Waals surface area contributed by atoms with Crippen molar-refractivity contribution in [3.8, 4) is 6.07 Å². The highest BCUT2D eigenvalue weighted by atomic mass is 16.4. The highest BCUT2D eigenvalue weighted by Crippen LogP contribution is 2.46. The van der Waals surface area contributed by atoms with E-state index in [9.17, 15) is 4.79 Å². The van der Waals surface area contributed by atoms with Crippen molar-refractivity contribution < 1.29 is 9.90 Å². The molecule has 2 unspecified atom stereocenters. The summed E-state index contributed by atoms with van der Waals surface area (Å²) in [4.78, 5) is 18.2. The van der Waals surface area contributed by atoms with E-state index >= 15 is 0 Å². The number of carboxylic acid groups (broad SMARTS) is 1. The fraction of sp³-hybridized carbons (Fsp3) is 0.250. The first kappa shape index (κ1) is 9.85. The van der Waals surface area contributed by atoms with Crippen LogP contribution < -0.4 is 0 Å². The molecule has 0 amide bonds. The van der Waals surface area contributed by atoms with E-state index in [1.54, 1.807) is 18.2 Å². The van der Waals surface area contributed by atoms with Gasteiger partial charge in [-0.05, 0) is 24.6 Å². The van der Waals surface area contributed by atoms with E-state index in [1.165, 1.54) is 0 Å². The monoisotopic (exact) mass is 227 g/mol. The Balaban J connectivity index is 1.98. The fourth-order valence-electron chi connectivity index (χ4n) is 2.04. The fourth-order valence-corrected chi connectivity index (χ4v) is 2.04. The number of aromatic nitrogens is 2. The maximum Gasteiger partial charge on any atom is 0.307 e. The molecule has 2 N–H and O–H groups in total. The molecule has 1 aromatic heterocycles. The van der Waals surface area contributed by atoms with Gasteiger partial charge in [-0.15, -0.1) is 0 Å². The lowest BCUT2D eigenvalue weighted by Crippen LogP contribution is -1.99. The van der Waals surface area contributed by atoms with Gasteiger partial charge in [-0.2, -0.15) is 5.26 Å². The molecule has 0 aliphatic heterocycles. The van der Waals surface area contributed by atoms with Gasteiger partial charge in [-0.1, -0.05) is 0 Å². The maximum atomic E-state index is 10.8. The Labute approximate surface area is 96.7 Å². The zero-order chi connectivity index (χ0) is 12.0. The summed E-state index contributed by atoms with van der Waals surface area (Å²) in [5.74, 6) is -0.382. The number of rotatable bonds is 2. The highest BCUT2D eigenvalue weighted by molar-refractivity contribution is 5.78. The Morgan fingerprint density at radius 2 is 2.41 bits per heavy atom. The molecule has 0 bridgehead atoms. The van der Waals surface area contributed by atoms with Crippen molar-refractivity contribution in [1.82, 2.24) is 9.97 Å². The van der Waals surface area contributed by atoms with Crippen LogP contribution in [-0.2, 0) is 4.79 Å². The molecule has 1 heterocycles. The molecule has 1 aliphatic carbocycles. The van der Waals surface area contributed by atoms with Gasteiger partial charge in [0.25, 0.3) is 0 Å². The number of H-pyrrole nitrogens is 1. The van der Waals surface area contributed by atoms with Crippen molar-refractivity contribution in [3.63, 3.8) is 0 Å². The summed E-state index contributed by atoms with van der Waals surface area (Å²) < 4.78 is 0. The van der Waals surface area contributed by atoms with Crippen LogP contribution in [0.25, 0.3) is 11.0 Å². The summed E-state index contributed by atoms with van der Waals surface area (Å²) in [6.07, 6.45) is 0.639. The molecule has 1 saturated carbocycles. The predicted octanol–water partition coefficient (Wildman–Crippen LogP) is 1.62. The van der Waals surface area contributed by atoms with Gasteiger partial charge < -0.3 is 10.1 Å². The summed E-state index contributed by atoms with van der Waals surface area (Å²) >= 11 is 0. The molecule has 2 aromatic rings. The minimum atomic E-state index is -0.770. The zero-order valence-electron chi connectivity index (χ0n) is 8.84. The molecule has 0 spiro atoms. The Hall–Kier alpha value is -2.35. The average Bonchev–Trinajstić information content (AvgIpc) is 3.02. The molecule has 5 heteroatoms. The molecule has 84 valence electrons. The van der Waals surface area contributed by atoms with Crippen molar-refractivity contribution in [1.29, 1.82) is 5.26 Å². The van der Waals surface area contributed by atoms with E-state index in [4.69, 9.17) is 10.4 Å². The first-order valence-corrected chi connectivity index (χ1v) is 5.31. The first-order valence-electron chi connectivity index (χ1n) is 5.31. The van der Waals surface area contributed by atoms with Crippen molar-refractivity contribution in [2.75, 3.05) is 0 Å². The zero-order valence-corrected chi connectivity index (χ0v) is 8.84. The standard InChI is InChI=1S/C12H9N3O2/c13-5-6-1-2-9-10(3-6)15-11(14-9)7-4-8(7)12(16)17/h1-3,7-8H,4H2,(H,14,15)(H,16,17). The summed E-state index contributed by atoms with van der Waals surface area (Å²) in [7, 11) is 0. The van der Waals surface area contributed by atoms with Gasteiger partial charge in [0.15, 0.2) is 0 Å². The lowest BCUT2D eigenvalue weighted by molar-refractivity contribution is -0.138. The lowest BCUT2D eigenvalue weighted by atomic mass is 10.2. The minimum Gasteiger partial charge on any atom is -0.481 e. The normalized spacial score (nSPS) is 22.3. The number of imidazole rings is 1. The molecule has 17 heavy (non-hydrogen) atoms. The summed E-state index contributed by atoms with van der Waals surface area (Å²) in [5, 5.41) is 17.6. The largest absolute Gasteiger partial charge is 0.481 e. The molecule has 1 fully saturated rings. The van der Waals surface area contributed by atoms with Crippen LogP contribution in [0.3, 0.4) is 0 Å². The number of benzene rings is 1. The third-order valence-corrected chi connectivity index (χ3v) is 3.09. The van der Waals surface area contributed by atoms with Crippen LogP contribution in [0.1, 0.15) is 23.7 Å². The number of fused-ring (bicyclic) bond motifs is 1. The summed E-state index contributed by atoms with van der Waals surface area (Å²) in [5.41, 5.74) is 2.12. The van der Waals surface area contributed by atoms with E-state index in [0.29, 0.717) is 17.8 Å². The predicted molar refractivity (Wildman–Crippen MR) is 59.3 cm³/mol. The number of nitrogens with zero attached hydrogens (tertiary/aromatic N) is 2. The summed E-state index contributed by atoms with van der Waals surface area (Å²) in [6.45, 7) is 0. The van der Waals surface area contributed by atoms with Crippen molar-refractivity contribution in [2.45, 2.75) is 12.3 Å². The SMILES string of the molecule is N#Cc1ccc2[nH]c(C3CC3C(=O)O)nc2c1. The van der Waals surface area contributed by atoms with E-state index in [1.807, 2.05) is 0 Å². The van der Waals surface area contributed by atoms with E-state index in [2.05, 4.69) is 16.0 Å². The molecule has 1 aromatic carbocycles. The number of hydrogen-bond donors (Lipinski definition) is 2. The van der Waals surface area contributed by atoms with Crippen LogP contribution in [0, 0.1) is 17.2 Å². The Kier molecular flexibility index (Phi) is 1.92. The quantitative estimate of drug-likeness (QED) is 0.815. The van der Waals surface area contributed by atoms with Crippen molar-refractivity contribution >= 4 is 17.0 Å². The van der Waals surface area contributed by atoms with Gasteiger partial charge in [0.05, 0.1) is 28.6 Å². The van der Waals surface area contributed by atoms with Crippen LogP contribution in [0.2, 0.25) is 0 Å². The third kappa shape index (κ3) is 1.54. The molecule has 2 atom stereocenters. The van der Waals surface area contributed by atoms with Crippen LogP contribution in [0.5, 0.6) is 0 Å². The molecule has 5 nitrogen and oxygen atoms in total. The van der Waals surface area contributed by atoms with Gasteiger partial charge >= 0.3 is 5.97 Å². The van der Waals surface area contributed by atoms with Crippen LogP contribution in [0.15, 0.2) is 18.2 Å². The Morgan fingerprint density at radius 1 is 1.59 bits per heavy atom. The molecule has 0 saturated heterocycles. The third-order valence-electron chi connectivity index (χ3n) is 3.09. The summed E-state index contributed by atoms with van der Waals surface area (Å²) in [6, 6.07) is 7.26. The number of nitrogens with one attached hydrogen (secondary N) is 1. The van der Waals surface area contributed by atoms with E-state index < -0.39 is 5.97 Å². The van der Waals surface area contributed by atoms with Crippen molar-refractivity contribution in [2.24, 2.45) is 5.92 Å². The second kappa shape index (κ2) is 3.32. The number of carboxylic acids is 1. The second-order valence-electron chi connectivity index (χ2n) is 4.25. The van der Waals surface area contributed by atoms with Crippen LogP contribution in [0.4, 0.5) is 0 Å². The van der Waals surface area contributed by atoms with Gasteiger partial charge in [0.2, 0.25) is 0 Å². The van der Waals surface area contributed by atoms with Crippen LogP contribution in [-0.4, -0.2) is 21.0 Å². The van der Waals surface area contributed by atoms with Crippen LogP contribution >= 0.6 is 0 Å². The topological polar surface area (TPSA) is 89.8 Å². The van der Waals surface area contributed by atoms with Gasteiger partial charge in [-0.25, -0.2) is 4.98 Å². The van der Waals surface area contributed by atoms with Gasteiger partial charge in [0.1, 0.15) is 5.82 Å². The Morgan fingerprint density at radius 3 is 3.06 bits per heavy atom. The molecule has 3 rings (SSSR count). The minimum absolute atomic E-state index is 0.00886. The Bertz CT molecular complexity index is 653. The molecular weight excluding hydrogens is 218 g/mol. The molecule has 0 radical (unpaired) electrons. The number of hydrogen-bond acceptors (Lipinski definition) is 3.